The number of carbonyl (C=O) groups excluding carboxylic acids is 1. The quantitative estimate of drug-likeness (QED) is 0.624. The smallest absolute Gasteiger partial charge is 0.289 e. The van der Waals surface area contributed by atoms with Crippen LogP contribution in [0.1, 0.15) is 33.0 Å². The lowest BCUT2D eigenvalue weighted by molar-refractivity contribution is 0.0594. The highest BCUT2D eigenvalue weighted by atomic mass is 16.5. The molecule has 1 aliphatic rings. The molecule has 0 radical (unpaired) electrons. The van der Waals surface area contributed by atoms with Crippen LogP contribution in [-0.4, -0.2) is 46.9 Å². The number of furan rings is 1. The van der Waals surface area contributed by atoms with Gasteiger partial charge in [-0.05, 0) is 60.9 Å². The molecule has 0 saturated carbocycles. The highest BCUT2D eigenvalue weighted by Crippen LogP contribution is 2.19. The van der Waals surface area contributed by atoms with Crippen LogP contribution in [0.5, 0.6) is 5.75 Å². The van der Waals surface area contributed by atoms with Crippen molar-refractivity contribution in [2.24, 2.45) is 0 Å². The van der Waals surface area contributed by atoms with Crippen LogP contribution in [0.2, 0.25) is 0 Å². The normalized spacial score (nSPS) is 14.7. The van der Waals surface area contributed by atoms with Crippen molar-refractivity contribution in [1.29, 1.82) is 0 Å². The summed E-state index contributed by atoms with van der Waals surface area (Å²) >= 11 is 0. The third-order valence-corrected chi connectivity index (χ3v) is 5.24. The number of ether oxygens (including phenoxy) is 1. The lowest BCUT2D eigenvalue weighted by atomic mass is 10.1. The van der Waals surface area contributed by atoms with Crippen LogP contribution in [-0.2, 0) is 13.2 Å². The van der Waals surface area contributed by atoms with Gasteiger partial charge in [0, 0.05) is 45.1 Å². The Balaban J connectivity index is 1.29. The van der Waals surface area contributed by atoms with Gasteiger partial charge in [-0.2, -0.15) is 0 Å². The molecule has 3 heterocycles. The lowest BCUT2D eigenvalue weighted by Gasteiger charge is -2.34. The van der Waals surface area contributed by atoms with Gasteiger partial charge >= 0.3 is 0 Å². The van der Waals surface area contributed by atoms with Gasteiger partial charge < -0.3 is 14.1 Å². The van der Waals surface area contributed by atoms with Crippen LogP contribution >= 0.6 is 0 Å². The van der Waals surface area contributed by atoms with Gasteiger partial charge in [0.15, 0.2) is 5.76 Å². The van der Waals surface area contributed by atoms with Crippen molar-refractivity contribution in [2.75, 3.05) is 26.2 Å². The number of hydrogen-bond donors (Lipinski definition) is 0. The molecule has 1 saturated heterocycles. The summed E-state index contributed by atoms with van der Waals surface area (Å²) < 4.78 is 11.6. The van der Waals surface area contributed by atoms with Gasteiger partial charge in [-0.15, -0.1) is 0 Å². The molecule has 2 aromatic heterocycles. The number of nitrogens with zero attached hydrogens (tertiary/aromatic N) is 3. The summed E-state index contributed by atoms with van der Waals surface area (Å²) in [4.78, 5) is 21.2. The largest absolute Gasteiger partial charge is 0.486 e. The molecule has 1 amide bonds. The second-order valence-corrected chi connectivity index (χ2v) is 7.81. The molecule has 6 nitrogen and oxygen atoms in total. The highest BCUT2D eigenvalue weighted by Gasteiger charge is 2.24. The van der Waals surface area contributed by atoms with Crippen molar-refractivity contribution in [3.63, 3.8) is 0 Å². The van der Waals surface area contributed by atoms with E-state index in [1.165, 1.54) is 5.56 Å². The van der Waals surface area contributed by atoms with Crippen molar-refractivity contribution in [1.82, 2.24) is 14.8 Å². The minimum atomic E-state index is -0.0614. The van der Waals surface area contributed by atoms with E-state index >= 15 is 0 Å². The molecule has 6 heteroatoms. The van der Waals surface area contributed by atoms with Crippen LogP contribution < -0.4 is 4.74 Å². The lowest BCUT2D eigenvalue weighted by Crippen LogP contribution is -2.48. The van der Waals surface area contributed by atoms with Crippen LogP contribution in [0.25, 0.3) is 0 Å². The molecular formula is C24H27N3O3. The van der Waals surface area contributed by atoms with Crippen LogP contribution in [0, 0.1) is 13.8 Å². The van der Waals surface area contributed by atoms with Crippen LogP contribution in [0.4, 0.5) is 0 Å². The van der Waals surface area contributed by atoms with Gasteiger partial charge in [-0.3, -0.25) is 14.7 Å². The molecule has 1 aromatic carbocycles. The summed E-state index contributed by atoms with van der Waals surface area (Å²) in [6.07, 6.45) is 3.67. The summed E-state index contributed by atoms with van der Waals surface area (Å²) in [5.74, 6) is 1.76. The second kappa shape index (κ2) is 9.13. The average Bonchev–Trinajstić information content (AvgIpc) is 3.21. The second-order valence-electron chi connectivity index (χ2n) is 7.81. The maximum absolute atomic E-state index is 12.8. The molecule has 0 unspecified atom stereocenters. The molecular weight excluding hydrogens is 378 g/mol. The number of benzene rings is 1. The van der Waals surface area contributed by atoms with E-state index in [1.807, 2.05) is 49.2 Å². The number of amides is 1. The minimum Gasteiger partial charge on any atom is -0.486 e. The van der Waals surface area contributed by atoms with E-state index in [1.54, 1.807) is 12.3 Å². The zero-order chi connectivity index (χ0) is 20.9. The molecule has 4 rings (SSSR count). The first-order valence-corrected chi connectivity index (χ1v) is 10.3. The van der Waals surface area contributed by atoms with Gasteiger partial charge in [0.25, 0.3) is 5.91 Å². The predicted octanol–water partition coefficient (Wildman–Crippen LogP) is 3.83. The molecule has 0 spiro atoms. The van der Waals surface area contributed by atoms with Crippen molar-refractivity contribution >= 4 is 5.91 Å². The van der Waals surface area contributed by atoms with Gasteiger partial charge in [0.2, 0.25) is 0 Å². The summed E-state index contributed by atoms with van der Waals surface area (Å²) in [6.45, 7) is 8.29. The molecule has 0 atom stereocenters. The first kappa shape index (κ1) is 20.2. The maximum atomic E-state index is 12.8. The maximum Gasteiger partial charge on any atom is 0.289 e. The topological polar surface area (TPSA) is 58.8 Å². The number of aryl methyl sites for hydroxylation is 2. The van der Waals surface area contributed by atoms with Crippen LogP contribution in [0.3, 0.4) is 0 Å². The van der Waals surface area contributed by atoms with Gasteiger partial charge in [0.05, 0.1) is 0 Å². The molecule has 156 valence electrons. The molecule has 1 aliphatic heterocycles. The summed E-state index contributed by atoms with van der Waals surface area (Å²) in [5.41, 5.74) is 3.50. The number of hydrogen-bond acceptors (Lipinski definition) is 5. The first-order chi connectivity index (χ1) is 14.6. The van der Waals surface area contributed by atoms with E-state index in [0.717, 1.165) is 36.5 Å². The van der Waals surface area contributed by atoms with Gasteiger partial charge in [-0.25, -0.2) is 0 Å². The SMILES string of the molecule is Cc1cc(C)cc(OCc2ccc(C(=O)N3CCN(Cc4cccnc4)CC3)o2)c1. The number of pyridine rings is 1. The Labute approximate surface area is 177 Å². The molecule has 3 aromatic rings. The van der Waals surface area contributed by atoms with Crippen molar-refractivity contribution in [3.8, 4) is 5.75 Å². The Bertz CT molecular complexity index is 972. The van der Waals surface area contributed by atoms with Crippen molar-refractivity contribution < 1.29 is 13.9 Å². The number of aromatic nitrogens is 1. The van der Waals surface area contributed by atoms with E-state index in [9.17, 15) is 4.79 Å². The molecule has 0 bridgehead atoms. The number of piperazine rings is 1. The monoisotopic (exact) mass is 405 g/mol. The molecule has 30 heavy (non-hydrogen) atoms. The Morgan fingerprint density at radius 2 is 1.83 bits per heavy atom. The molecule has 0 aliphatic carbocycles. The predicted molar refractivity (Wildman–Crippen MR) is 114 cm³/mol. The Hall–Kier alpha value is -3.12. The van der Waals surface area contributed by atoms with E-state index in [-0.39, 0.29) is 5.91 Å². The van der Waals surface area contributed by atoms with Crippen molar-refractivity contribution in [2.45, 2.75) is 27.0 Å². The average molecular weight is 405 g/mol. The fourth-order valence-electron chi connectivity index (χ4n) is 3.76. The van der Waals surface area contributed by atoms with Crippen molar-refractivity contribution in [3.05, 3.63) is 83.1 Å². The number of rotatable bonds is 6. The fourth-order valence-corrected chi connectivity index (χ4v) is 3.76. The summed E-state index contributed by atoms with van der Waals surface area (Å²) in [5, 5.41) is 0. The summed E-state index contributed by atoms with van der Waals surface area (Å²) in [6, 6.07) is 13.7. The van der Waals surface area contributed by atoms with Crippen LogP contribution in [0.15, 0.2) is 59.3 Å². The van der Waals surface area contributed by atoms with Gasteiger partial charge in [0.1, 0.15) is 18.1 Å². The van der Waals surface area contributed by atoms with Gasteiger partial charge in [-0.1, -0.05) is 12.1 Å². The zero-order valence-corrected chi connectivity index (χ0v) is 17.5. The van der Waals surface area contributed by atoms with E-state index in [0.29, 0.717) is 31.2 Å². The third-order valence-electron chi connectivity index (χ3n) is 5.24. The Morgan fingerprint density at radius 1 is 1.07 bits per heavy atom. The Morgan fingerprint density at radius 3 is 2.53 bits per heavy atom. The third kappa shape index (κ3) is 5.07. The standard InChI is InChI=1S/C24H27N3O3/c1-18-12-19(2)14-22(13-18)29-17-21-5-6-23(30-21)24(28)27-10-8-26(9-11-27)16-20-4-3-7-25-15-20/h3-7,12-15H,8-11,16-17H2,1-2H3. The zero-order valence-electron chi connectivity index (χ0n) is 17.5. The Kier molecular flexibility index (Phi) is 6.14. The number of carbonyl (C=O) groups is 1. The van der Waals surface area contributed by atoms with E-state index < -0.39 is 0 Å². The molecule has 0 N–H and O–H groups in total. The highest BCUT2D eigenvalue weighted by molar-refractivity contribution is 5.91. The van der Waals surface area contributed by atoms with E-state index in [2.05, 4.69) is 22.0 Å². The minimum absolute atomic E-state index is 0.0614. The summed E-state index contributed by atoms with van der Waals surface area (Å²) in [7, 11) is 0. The fraction of sp³-hybridized carbons (Fsp3) is 0.333. The first-order valence-electron chi connectivity index (χ1n) is 10.3. The van der Waals surface area contributed by atoms with E-state index in [4.69, 9.17) is 9.15 Å². The molecule has 1 fully saturated rings.